The van der Waals surface area contributed by atoms with Crippen molar-refractivity contribution in [1.29, 1.82) is 0 Å². The Hall–Kier alpha value is -1.32. The molecule has 4 heteroatoms. The molecule has 0 unspecified atom stereocenters. The fourth-order valence-corrected chi connectivity index (χ4v) is 0.932. The summed E-state index contributed by atoms with van der Waals surface area (Å²) in [5.41, 5.74) is 0. The Morgan fingerprint density at radius 3 is 2.43 bits per heavy atom. The van der Waals surface area contributed by atoms with Gasteiger partial charge in [-0.1, -0.05) is 13.8 Å². The number of ether oxygens (including phenoxy) is 1. The summed E-state index contributed by atoms with van der Waals surface area (Å²) < 4.78 is 5.11. The Bertz CT molecular complexity index is 239. The third-order valence-electron chi connectivity index (χ3n) is 1.67. The summed E-state index contributed by atoms with van der Waals surface area (Å²) in [5.74, 6) is 1.13. The maximum atomic E-state index is 11.2. The minimum Gasteiger partial charge on any atom is -0.497 e. The van der Waals surface area contributed by atoms with Gasteiger partial charge in [-0.2, -0.15) is 0 Å². The number of hydrogen-bond acceptors (Lipinski definition) is 3. The number of rotatable bonds is 5. The van der Waals surface area contributed by atoms with Gasteiger partial charge >= 0.3 is 0 Å². The molecule has 0 radical (unpaired) electrons. The van der Waals surface area contributed by atoms with Crippen LogP contribution in [0.15, 0.2) is 16.6 Å². The third kappa shape index (κ3) is 4.07. The number of aliphatic imine (C=N–C) groups is 1. The van der Waals surface area contributed by atoms with Gasteiger partial charge in [0.05, 0.1) is 7.11 Å². The van der Waals surface area contributed by atoms with Gasteiger partial charge < -0.3 is 10.1 Å². The molecule has 0 aromatic heterocycles. The normalized spacial score (nSPS) is 12.6. The Morgan fingerprint density at radius 1 is 1.43 bits per heavy atom. The van der Waals surface area contributed by atoms with Crippen LogP contribution in [0.5, 0.6) is 0 Å². The highest BCUT2D eigenvalue weighted by molar-refractivity contribution is 5.77. The first kappa shape index (κ1) is 12.7. The molecule has 0 rings (SSSR count). The number of amides is 1. The van der Waals surface area contributed by atoms with E-state index in [9.17, 15) is 4.79 Å². The molecular formula is C10H18N2O2. The van der Waals surface area contributed by atoms with Gasteiger partial charge in [0.15, 0.2) is 5.82 Å². The SMILES string of the molecule is CC=N/C(NC(=O)CC)=C(\CC)OC. The van der Waals surface area contributed by atoms with E-state index in [4.69, 9.17) is 4.74 Å². The molecule has 0 aromatic carbocycles. The van der Waals surface area contributed by atoms with E-state index in [0.717, 1.165) is 0 Å². The van der Waals surface area contributed by atoms with Gasteiger partial charge in [-0.15, -0.1) is 0 Å². The average molecular weight is 198 g/mol. The molecular weight excluding hydrogens is 180 g/mol. The maximum Gasteiger partial charge on any atom is 0.225 e. The van der Waals surface area contributed by atoms with Gasteiger partial charge in [0.2, 0.25) is 5.91 Å². The van der Waals surface area contributed by atoms with E-state index in [1.165, 1.54) is 0 Å². The monoisotopic (exact) mass is 198 g/mol. The van der Waals surface area contributed by atoms with Crippen LogP contribution in [0.3, 0.4) is 0 Å². The van der Waals surface area contributed by atoms with Gasteiger partial charge in [0, 0.05) is 19.1 Å². The smallest absolute Gasteiger partial charge is 0.225 e. The average Bonchev–Trinajstić information content (AvgIpc) is 2.19. The molecule has 0 spiro atoms. The van der Waals surface area contributed by atoms with E-state index in [0.29, 0.717) is 24.4 Å². The lowest BCUT2D eigenvalue weighted by atomic mass is 10.3. The molecule has 1 amide bonds. The molecule has 14 heavy (non-hydrogen) atoms. The van der Waals surface area contributed by atoms with Crippen LogP contribution in [-0.4, -0.2) is 19.2 Å². The molecule has 0 saturated carbocycles. The number of carbonyl (C=O) groups excluding carboxylic acids is 1. The van der Waals surface area contributed by atoms with Crippen molar-refractivity contribution in [2.75, 3.05) is 7.11 Å². The van der Waals surface area contributed by atoms with Crippen molar-refractivity contribution in [3.05, 3.63) is 11.6 Å². The zero-order valence-electron chi connectivity index (χ0n) is 9.26. The Balaban J connectivity index is 4.73. The maximum absolute atomic E-state index is 11.2. The second kappa shape index (κ2) is 7.12. The lowest BCUT2D eigenvalue weighted by Gasteiger charge is -2.09. The zero-order chi connectivity index (χ0) is 11.0. The van der Waals surface area contributed by atoms with Crippen LogP contribution in [0, 0.1) is 0 Å². The predicted molar refractivity (Wildman–Crippen MR) is 56.9 cm³/mol. The predicted octanol–water partition coefficient (Wildman–Crippen LogP) is 1.83. The second-order valence-electron chi connectivity index (χ2n) is 2.62. The Labute approximate surface area is 85.1 Å². The fraction of sp³-hybridized carbons (Fsp3) is 0.600. The van der Waals surface area contributed by atoms with Crippen LogP contribution in [0.1, 0.15) is 33.6 Å². The third-order valence-corrected chi connectivity index (χ3v) is 1.67. The van der Waals surface area contributed by atoms with Gasteiger partial charge in [-0.3, -0.25) is 4.79 Å². The summed E-state index contributed by atoms with van der Waals surface area (Å²) in [6.07, 6.45) is 2.76. The van der Waals surface area contributed by atoms with Gasteiger partial charge in [-0.05, 0) is 6.92 Å². The number of carbonyl (C=O) groups is 1. The molecule has 0 heterocycles. The largest absolute Gasteiger partial charge is 0.497 e. The van der Waals surface area contributed by atoms with E-state index in [1.54, 1.807) is 27.2 Å². The molecule has 1 N–H and O–H groups in total. The summed E-state index contributed by atoms with van der Waals surface area (Å²) >= 11 is 0. The molecule has 0 atom stereocenters. The van der Waals surface area contributed by atoms with Crippen molar-refractivity contribution < 1.29 is 9.53 Å². The molecule has 80 valence electrons. The Kier molecular flexibility index (Phi) is 6.45. The van der Waals surface area contributed by atoms with Gasteiger partial charge in [0.25, 0.3) is 0 Å². The second-order valence-corrected chi connectivity index (χ2v) is 2.62. The number of methoxy groups -OCH3 is 1. The van der Waals surface area contributed by atoms with E-state index in [-0.39, 0.29) is 5.91 Å². The van der Waals surface area contributed by atoms with E-state index >= 15 is 0 Å². The molecule has 4 nitrogen and oxygen atoms in total. The topological polar surface area (TPSA) is 50.7 Å². The molecule has 0 aromatic rings. The molecule has 0 fully saturated rings. The number of nitrogens with one attached hydrogen (secondary N) is 1. The lowest BCUT2D eigenvalue weighted by molar-refractivity contribution is -0.120. The van der Waals surface area contributed by atoms with Gasteiger partial charge in [0.1, 0.15) is 5.76 Å². The number of hydrogen-bond donors (Lipinski definition) is 1. The summed E-state index contributed by atoms with van der Waals surface area (Å²) in [6.45, 7) is 5.53. The first-order valence-electron chi connectivity index (χ1n) is 4.75. The van der Waals surface area contributed by atoms with Gasteiger partial charge in [-0.25, -0.2) is 4.99 Å². The number of nitrogens with zero attached hydrogens (tertiary/aromatic N) is 1. The zero-order valence-corrected chi connectivity index (χ0v) is 9.26. The van der Waals surface area contributed by atoms with Crippen molar-refractivity contribution in [3.8, 4) is 0 Å². The van der Waals surface area contributed by atoms with Crippen molar-refractivity contribution in [3.63, 3.8) is 0 Å². The standard InChI is InChI=1S/C10H18N2O2/c1-5-8(14-4)10(11-7-3)12-9(13)6-2/h7H,5-6H2,1-4H3,(H,12,13)/b10-8-,11-7?. The Morgan fingerprint density at radius 2 is 2.07 bits per heavy atom. The first-order chi connectivity index (χ1) is 6.69. The summed E-state index contributed by atoms with van der Waals surface area (Å²) in [6, 6.07) is 0. The summed E-state index contributed by atoms with van der Waals surface area (Å²) in [5, 5.41) is 2.69. The first-order valence-corrected chi connectivity index (χ1v) is 4.75. The fourth-order valence-electron chi connectivity index (χ4n) is 0.932. The van der Waals surface area contributed by atoms with Crippen molar-refractivity contribution in [1.82, 2.24) is 5.32 Å². The summed E-state index contributed by atoms with van der Waals surface area (Å²) in [7, 11) is 1.57. The molecule has 0 aliphatic carbocycles. The minimum atomic E-state index is -0.0615. The van der Waals surface area contributed by atoms with Crippen molar-refractivity contribution >= 4 is 12.1 Å². The highest BCUT2D eigenvalue weighted by Gasteiger charge is 2.06. The van der Waals surface area contributed by atoms with E-state index in [1.807, 2.05) is 6.92 Å². The van der Waals surface area contributed by atoms with Crippen LogP contribution >= 0.6 is 0 Å². The lowest BCUT2D eigenvalue weighted by Crippen LogP contribution is -2.22. The quantitative estimate of drug-likeness (QED) is 0.541. The van der Waals surface area contributed by atoms with Crippen LogP contribution in [-0.2, 0) is 9.53 Å². The molecule has 0 aliphatic heterocycles. The molecule has 0 saturated heterocycles. The highest BCUT2D eigenvalue weighted by atomic mass is 16.5. The minimum absolute atomic E-state index is 0.0615. The van der Waals surface area contributed by atoms with Crippen molar-refractivity contribution in [2.45, 2.75) is 33.6 Å². The van der Waals surface area contributed by atoms with E-state index in [2.05, 4.69) is 10.3 Å². The van der Waals surface area contributed by atoms with Crippen molar-refractivity contribution in [2.24, 2.45) is 4.99 Å². The highest BCUT2D eigenvalue weighted by Crippen LogP contribution is 2.08. The van der Waals surface area contributed by atoms with Crippen LogP contribution < -0.4 is 5.32 Å². The van der Waals surface area contributed by atoms with Crippen LogP contribution in [0.2, 0.25) is 0 Å². The van der Waals surface area contributed by atoms with E-state index < -0.39 is 0 Å². The van der Waals surface area contributed by atoms with Crippen LogP contribution in [0.4, 0.5) is 0 Å². The summed E-state index contributed by atoms with van der Waals surface area (Å²) in [4.78, 5) is 15.2. The molecule has 0 bridgehead atoms. The van der Waals surface area contributed by atoms with Crippen LogP contribution in [0.25, 0.3) is 0 Å². The number of allylic oxidation sites excluding steroid dienone is 1. The molecule has 0 aliphatic rings.